The van der Waals surface area contributed by atoms with Crippen LogP contribution >= 0.6 is 11.6 Å². The van der Waals surface area contributed by atoms with E-state index in [2.05, 4.69) is 40.2 Å². The number of nitrogens with one attached hydrogen (secondary N) is 1. The minimum absolute atomic E-state index is 0.0272. The molecule has 2 aromatic rings. The molecule has 3 heterocycles. The van der Waals surface area contributed by atoms with E-state index >= 15 is 0 Å². The molecule has 0 bridgehead atoms. The summed E-state index contributed by atoms with van der Waals surface area (Å²) >= 11 is 6.58. The summed E-state index contributed by atoms with van der Waals surface area (Å²) in [6, 6.07) is 8.48. The summed E-state index contributed by atoms with van der Waals surface area (Å²) in [6.07, 6.45) is 4.19. The predicted molar refractivity (Wildman–Crippen MR) is 131 cm³/mol. The Hall–Kier alpha value is -2.31. The van der Waals surface area contributed by atoms with Crippen LogP contribution in [-0.4, -0.2) is 54.1 Å². The van der Waals surface area contributed by atoms with Crippen LogP contribution in [-0.2, 0) is 11.2 Å². The summed E-state index contributed by atoms with van der Waals surface area (Å²) in [5, 5.41) is 2.92. The molecular formula is C25H33ClN4O2. The van der Waals surface area contributed by atoms with E-state index in [4.69, 9.17) is 21.3 Å². The molecule has 1 aromatic carbocycles. The summed E-state index contributed by atoms with van der Waals surface area (Å²) in [4.78, 5) is 21.7. The Kier molecular flexibility index (Phi) is 7.21. The Labute approximate surface area is 195 Å². The minimum Gasteiger partial charge on any atom is -0.448 e. The SMILES string of the molecule is Cc1ccc2c(c1)CC(Cl)CN2c1cc(C)c(NC(=O)OCCN2CCCCC2)c(C)n1. The number of alkyl halides is 1. The molecule has 6 nitrogen and oxygen atoms in total. The molecule has 2 aliphatic heterocycles. The van der Waals surface area contributed by atoms with Crippen molar-refractivity contribution in [3.05, 3.63) is 46.6 Å². The van der Waals surface area contributed by atoms with E-state index in [1.54, 1.807) is 0 Å². The van der Waals surface area contributed by atoms with Crippen molar-refractivity contribution in [3.8, 4) is 0 Å². The fourth-order valence-electron chi connectivity index (χ4n) is 4.68. The number of hydrogen-bond acceptors (Lipinski definition) is 5. The maximum absolute atomic E-state index is 12.4. The average molecular weight is 457 g/mol. The highest BCUT2D eigenvalue weighted by Crippen LogP contribution is 2.36. The highest BCUT2D eigenvalue weighted by molar-refractivity contribution is 6.21. The fourth-order valence-corrected chi connectivity index (χ4v) is 4.99. The van der Waals surface area contributed by atoms with Crippen LogP contribution in [0.25, 0.3) is 0 Å². The normalized spacial score (nSPS) is 18.9. The molecule has 2 aliphatic rings. The van der Waals surface area contributed by atoms with Crippen molar-refractivity contribution >= 4 is 34.9 Å². The molecule has 32 heavy (non-hydrogen) atoms. The maximum atomic E-state index is 12.4. The minimum atomic E-state index is -0.428. The summed E-state index contributed by atoms with van der Waals surface area (Å²) in [6.45, 7) is 10.1. The molecule has 0 radical (unpaired) electrons. The molecule has 0 saturated carbocycles. The van der Waals surface area contributed by atoms with Gasteiger partial charge in [-0.1, -0.05) is 24.1 Å². The van der Waals surface area contributed by atoms with E-state index in [1.165, 1.54) is 30.4 Å². The smallest absolute Gasteiger partial charge is 0.411 e. The van der Waals surface area contributed by atoms with Crippen molar-refractivity contribution in [3.63, 3.8) is 0 Å². The highest BCUT2D eigenvalue weighted by atomic mass is 35.5. The Bertz CT molecular complexity index is 951. The van der Waals surface area contributed by atoms with Gasteiger partial charge in [0.25, 0.3) is 0 Å². The number of aryl methyl sites for hydroxylation is 3. The first-order chi connectivity index (χ1) is 15.4. The number of likely N-dealkylation sites (tertiary alicyclic amines) is 1. The number of fused-ring (bicyclic) bond motifs is 1. The number of carbonyl (C=O) groups is 1. The third-order valence-electron chi connectivity index (χ3n) is 6.32. The Morgan fingerprint density at radius 1 is 1.19 bits per heavy atom. The zero-order chi connectivity index (χ0) is 22.7. The van der Waals surface area contributed by atoms with Gasteiger partial charge < -0.3 is 9.64 Å². The number of anilines is 3. The van der Waals surface area contributed by atoms with Crippen LogP contribution in [0.4, 0.5) is 22.0 Å². The number of nitrogens with zero attached hydrogens (tertiary/aromatic N) is 3. The van der Waals surface area contributed by atoms with Crippen molar-refractivity contribution in [2.24, 2.45) is 0 Å². The van der Waals surface area contributed by atoms with Crippen molar-refractivity contribution in [2.45, 2.75) is 51.8 Å². The van der Waals surface area contributed by atoms with Crippen LogP contribution in [0.15, 0.2) is 24.3 Å². The number of halogens is 1. The van der Waals surface area contributed by atoms with Gasteiger partial charge in [-0.25, -0.2) is 9.78 Å². The molecule has 1 unspecified atom stereocenters. The molecule has 1 amide bonds. The zero-order valence-corrected chi connectivity index (χ0v) is 20.0. The second-order valence-corrected chi connectivity index (χ2v) is 9.58. The van der Waals surface area contributed by atoms with Gasteiger partial charge in [-0.05, 0) is 76.4 Å². The van der Waals surface area contributed by atoms with Gasteiger partial charge in [0.2, 0.25) is 0 Å². The molecule has 1 saturated heterocycles. The molecule has 1 N–H and O–H groups in total. The van der Waals surface area contributed by atoms with E-state index in [0.29, 0.717) is 18.8 Å². The monoisotopic (exact) mass is 456 g/mol. The van der Waals surface area contributed by atoms with Crippen LogP contribution in [0.2, 0.25) is 0 Å². The van der Waals surface area contributed by atoms with Crippen molar-refractivity contribution in [2.75, 3.05) is 43.0 Å². The summed E-state index contributed by atoms with van der Waals surface area (Å²) in [7, 11) is 0. The number of benzene rings is 1. The molecular weight excluding hydrogens is 424 g/mol. The number of amides is 1. The van der Waals surface area contributed by atoms with Gasteiger partial charge in [-0.15, -0.1) is 11.6 Å². The van der Waals surface area contributed by atoms with Gasteiger partial charge >= 0.3 is 6.09 Å². The third kappa shape index (κ3) is 5.36. The lowest BCUT2D eigenvalue weighted by Gasteiger charge is -2.34. The van der Waals surface area contributed by atoms with Crippen molar-refractivity contribution in [1.29, 1.82) is 0 Å². The number of pyridine rings is 1. The third-order valence-corrected chi connectivity index (χ3v) is 6.62. The number of aromatic nitrogens is 1. The van der Waals surface area contributed by atoms with E-state index in [9.17, 15) is 4.79 Å². The van der Waals surface area contributed by atoms with Gasteiger partial charge in [-0.2, -0.15) is 0 Å². The molecule has 1 atom stereocenters. The first-order valence-corrected chi connectivity index (χ1v) is 12.0. The summed E-state index contributed by atoms with van der Waals surface area (Å²) in [5.41, 5.74) is 6.04. The summed E-state index contributed by atoms with van der Waals surface area (Å²) < 4.78 is 5.43. The van der Waals surface area contributed by atoms with E-state index in [-0.39, 0.29) is 5.38 Å². The van der Waals surface area contributed by atoms with Crippen LogP contribution in [0.3, 0.4) is 0 Å². The average Bonchev–Trinajstić information content (AvgIpc) is 2.76. The maximum Gasteiger partial charge on any atom is 0.411 e. The second kappa shape index (κ2) is 10.1. The lowest BCUT2D eigenvalue weighted by Crippen LogP contribution is -2.34. The molecule has 4 rings (SSSR count). The number of piperidine rings is 1. The predicted octanol–water partition coefficient (Wildman–Crippen LogP) is 5.34. The summed E-state index contributed by atoms with van der Waals surface area (Å²) in [5.74, 6) is 0.847. The first kappa shape index (κ1) is 22.9. The number of carbonyl (C=O) groups excluding carboxylic acids is 1. The lowest BCUT2D eigenvalue weighted by atomic mass is 9.99. The number of rotatable bonds is 5. The van der Waals surface area contributed by atoms with E-state index in [1.807, 2.05) is 19.9 Å². The van der Waals surface area contributed by atoms with Crippen LogP contribution in [0, 0.1) is 20.8 Å². The Morgan fingerprint density at radius 2 is 1.97 bits per heavy atom. The topological polar surface area (TPSA) is 57.7 Å². The highest BCUT2D eigenvalue weighted by Gasteiger charge is 2.26. The fraction of sp³-hybridized carbons (Fsp3) is 0.520. The Balaban J connectivity index is 1.44. The second-order valence-electron chi connectivity index (χ2n) is 8.97. The van der Waals surface area contributed by atoms with Crippen LogP contribution in [0.5, 0.6) is 0 Å². The van der Waals surface area contributed by atoms with Gasteiger partial charge in [0, 0.05) is 18.8 Å². The Morgan fingerprint density at radius 3 is 2.72 bits per heavy atom. The number of ether oxygens (including phenoxy) is 1. The molecule has 0 aliphatic carbocycles. The lowest BCUT2D eigenvalue weighted by molar-refractivity contribution is 0.131. The van der Waals surface area contributed by atoms with Gasteiger partial charge in [0.15, 0.2) is 0 Å². The standard InChI is InChI=1S/C25H33ClN4O2/c1-17-7-8-22-20(13-17)15-21(26)16-30(22)23-14-18(2)24(19(3)27-23)28-25(31)32-12-11-29-9-5-4-6-10-29/h7-8,13-14,21H,4-6,9-12,15-16H2,1-3H3,(H,28,31). The van der Waals surface area contributed by atoms with Crippen molar-refractivity contribution in [1.82, 2.24) is 9.88 Å². The molecule has 7 heteroatoms. The van der Waals surface area contributed by atoms with Crippen LogP contribution < -0.4 is 10.2 Å². The molecule has 1 fully saturated rings. The molecule has 172 valence electrons. The first-order valence-electron chi connectivity index (χ1n) is 11.6. The van der Waals surface area contributed by atoms with Gasteiger partial charge in [0.05, 0.1) is 16.8 Å². The largest absolute Gasteiger partial charge is 0.448 e. The van der Waals surface area contributed by atoms with E-state index in [0.717, 1.165) is 48.8 Å². The van der Waals surface area contributed by atoms with Gasteiger partial charge in [-0.3, -0.25) is 10.2 Å². The van der Waals surface area contributed by atoms with Crippen LogP contribution in [0.1, 0.15) is 41.6 Å². The molecule has 0 spiro atoms. The van der Waals surface area contributed by atoms with Crippen molar-refractivity contribution < 1.29 is 9.53 Å². The van der Waals surface area contributed by atoms with E-state index < -0.39 is 6.09 Å². The zero-order valence-electron chi connectivity index (χ0n) is 19.3. The quantitative estimate of drug-likeness (QED) is 0.615. The van der Waals surface area contributed by atoms with Gasteiger partial charge in [0.1, 0.15) is 12.4 Å². The number of hydrogen-bond donors (Lipinski definition) is 1. The molecule has 1 aromatic heterocycles.